The Hall–Kier alpha value is -3.06. The molecule has 1 aliphatic rings. The number of hydrogen-bond donors (Lipinski definition) is 1. The molecule has 0 bridgehead atoms. The molecule has 7 heteroatoms. The zero-order valence-electron chi connectivity index (χ0n) is 19.7. The molecule has 1 aromatic heterocycles. The molecule has 0 saturated carbocycles. The number of anilines is 1. The van der Waals surface area contributed by atoms with Gasteiger partial charge in [0.25, 0.3) is 6.47 Å². The topological polar surface area (TPSA) is 72.9 Å². The normalized spacial score (nSPS) is 14.5. The van der Waals surface area contributed by atoms with Gasteiger partial charge in [-0.1, -0.05) is 18.2 Å². The van der Waals surface area contributed by atoms with E-state index in [4.69, 9.17) is 19.2 Å². The van der Waals surface area contributed by atoms with E-state index >= 15 is 0 Å². The zero-order valence-corrected chi connectivity index (χ0v) is 19.7. The smallest absolute Gasteiger partial charge is 0.293 e. The number of nitrogens with zero attached hydrogens (tertiary/aromatic N) is 2. The molecule has 0 spiro atoms. The van der Waals surface area contributed by atoms with E-state index in [9.17, 15) is 4.79 Å². The highest BCUT2D eigenvalue weighted by Crippen LogP contribution is 2.38. The maximum atomic E-state index is 10.9. The summed E-state index contributed by atoms with van der Waals surface area (Å²) in [6, 6.07) is 11.9. The van der Waals surface area contributed by atoms with Crippen LogP contribution >= 0.6 is 0 Å². The fraction of sp³-hybridized carbons (Fsp3) is 0.462. The van der Waals surface area contributed by atoms with Crippen molar-refractivity contribution in [1.29, 1.82) is 0 Å². The van der Waals surface area contributed by atoms with Crippen molar-refractivity contribution in [2.45, 2.75) is 38.7 Å². The lowest BCUT2D eigenvalue weighted by molar-refractivity contribution is -0.139. The first-order chi connectivity index (χ1) is 16.0. The van der Waals surface area contributed by atoms with Gasteiger partial charge in [-0.25, -0.2) is 4.98 Å². The Labute approximate surface area is 195 Å². The van der Waals surface area contributed by atoms with Gasteiger partial charge in [-0.05, 0) is 58.3 Å². The van der Waals surface area contributed by atoms with Gasteiger partial charge in [0.05, 0.1) is 37.0 Å². The number of ether oxygens (including phenoxy) is 3. The average Bonchev–Trinajstić information content (AvgIpc) is 3.32. The fourth-order valence-electron chi connectivity index (χ4n) is 4.31. The SMILES string of the molecule is COc1cc2c(NCC(C)(C)OC=O)c3ccccc3nc2cc1OCCCN1CCCC1. The Morgan fingerprint density at radius 2 is 1.88 bits per heavy atom. The fourth-order valence-corrected chi connectivity index (χ4v) is 4.31. The Morgan fingerprint density at radius 3 is 2.64 bits per heavy atom. The molecule has 3 aromatic rings. The van der Waals surface area contributed by atoms with Crippen LogP contribution in [0.2, 0.25) is 0 Å². The summed E-state index contributed by atoms with van der Waals surface area (Å²) >= 11 is 0. The second-order valence-corrected chi connectivity index (χ2v) is 9.10. The van der Waals surface area contributed by atoms with Crippen molar-refractivity contribution in [3.05, 3.63) is 36.4 Å². The highest BCUT2D eigenvalue weighted by molar-refractivity contribution is 6.08. The van der Waals surface area contributed by atoms with Gasteiger partial charge in [-0.2, -0.15) is 0 Å². The summed E-state index contributed by atoms with van der Waals surface area (Å²) in [5.41, 5.74) is 1.98. The van der Waals surface area contributed by atoms with E-state index in [1.165, 1.54) is 25.9 Å². The predicted molar refractivity (Wildman–Crippen MR) is 131 cm³/mol. The summed E-state index contributed by atoms with van der Waals surface area (Å²) in [7, 11) is 1.65. The summed E-state index contributed by atoms with van der Waals surface area (Å²) in [5.74, 6) is 1.37. The maximum Gasteiger partial charge on any atom is 0.293 e. The minimum Gasteiger partial charge on any atom is -0.493 e. The van der Waals surface area contributed by atoms with E-state index in [0.29, 0.717) is 31.1 Å². The molecule has 176 valence electrons. The van der Waals surface area contributed by atoms with Crippen molar-refractivity contribution in [3.8, 4) is 11.5 Å². The number of nitrogens with one attached hydrogen (secondary N) is 1. The number of likely N-dealkylation sites (tertiary alicyclic amines) is 1. The highest BCUT2D eigenvalue weighted by Gasteiger charge is 2.21. The Balaban J connectivity index is 1.63. The van der Waals surface area contributed by atoms with Gasteiger partial charge in [0.1, 0.15) is 5.60 Å². The van der Waals surface area contributed by atoms with E-state index in [-0.39, 0.29) is 0 Å². The molecule has 1 saturated heterocycles. The molecule has 2 heterocycles. The summed E-state index contributed by atoms with van der Waals surface area (Å²) in [5, 5.41) is 5.41. The third-order valence-electron chi connectivity index (χ3n) is 6.10. The molecule has 2 aromatic carbocycles. The van der Waals surface area contributed by atoms with Crippen molar-refractivity contribution < 1.29 is 19.0 Å². The van der Waals surface area contributed by atoms with Crippen molar-refractivity contribution in [2.75, 3.05) is 45.2 Å². The van der Waals surface area contributed by atoms with Crippen LogP contribution in [-0.4, -0.2) is 61.9 Å². The van der Waals surface area contributed by atoms with Crippen molar-refractivity contribution >= 4 is 34.0 Å². The number of para-hydroxylation sites is 1. The number of carbonyl (C=O) groups is 1. The lowest BCUT2D eigenvalue weighted by Crippen LogP contribution is -2.33. The van der Waals surface area contributed by atoms with E-state index in [1.54, 1.807) is 7.11 Å². The second kappa shape index (κ2) is 10.3. The lowest BCUT2D eigenvalue weighted by Gasteiger charge is -2.24. The van der Waals surface area contributed by atoms with Crippen molar-refractivity contribution in [2.24, 2.45) is 0 Å². The predicted octanol–water partition coefficient (Wildman–Crippen LogP) is 4.62. The van der Waals surface area contributed by atoms with Crippen molar-refractivity contribution in [3.63, 3.8) is 0 Å². The minimum atomic E-state index is -0.652. The van der Waals surface area contributed by atoms with E-state index in [1.807, 2.05) is 50.2 Å². The number of benzene rings is 2. The van der Waals surface area contributed by atoms with Gasteiger partial charge >= 0.3 is 0 Å². The van der Waals surface area contributed by atoms with E-state index < -0.39 is 5.60 Å². The number of aromatic nitrogens is 1. The Morgan fingerprint density at radius 1 is 1.09 bits per heavy atom. The van der Waals surface area contributed by atoms with Crippen LogP contribution in [0.5, 0.6) is 11.5 Å². The van der Waals surface area contributed by atoms with Gasteiger partial charge in [0.15, 0.2) is 11.5 Å². The molecule has 7 nitrogen and oxygen atoms in total. The molecule has 4 rings (SSSR count). The standard InChI is InChI=1S/C26H33N3O4/c1-26(2,33-18-30)17-27-25-19-9-4-5-10-21(19)28-22-16-24(23(31-3)15-20(22)25)32-14-8-13-29-11-6-7-12-29/h4-5,9-10,15-16,18H,6-8,11-14,17H2,1-3H3,(H,27,28). The molecular formula is C26H33N3O4. The number of pyridine rings is 1. The second-order valence-electron chi connectivity index (χ2n) is 9.10. The molecule has 1 N–H and O–H groups in total. The van der Waals surface area contributed by atoms with E-state index in [2.05, 4.69) is 10.2 Å². The summed E-state index contributed by atoms with van der Waals surface area (Å²) in [4.78, 5) is 18.2. The van der Waals surface area contributed by atoms with Crippen LogP contribution in [-0.2, 0) is 9.53 Å². The van der Waals surface area contributed by atoms with Crippen LogP contribution in [0.4, 0.5) is 5.69 Å². The van der Waals surface area contributed by atoms with Crippen LogP contribution in [0, 0.1) is 0 Å². The molecule has 0 amide bonds. The van der Waals surface area contributed by atoms with Gasteiger partial charge < -0.3 is 24.4 Å². The average molecular weight is 452 g/mol. The Kier molecular flexibility index (Phi) is 7.18. The first-order valence-electron chi connectivity index (χ1n) is 11.6. The first kappa shape index (κ1) is 23.1. The number of methoxy groups -OCH3 is 1. The number of hydrogen-bond acceptors (Lipinski definition) is 7. The van der Waals surface area contributed by atoms with Crippen LogP contribution in [0.25, 0.3) is 21.8 Å². The molecule has 0 unspecified atom stereocenters. The minimum absolute atomic E-state index is 0.450. The molecular weight excluding hydrogens is 418 g/mol. The molecule has 0 radical (unpaired) electrons. The third-order valence-corrected chi connectivity index (χ3v) is 6.10. The van der Waals surface area contributed by atoms with Crippen LogP contribution in [0.15, 0.2) is 36.4 Å². The monoisotopic (exact) mass is 451 g/mol. The largest absolute Gasteiger partial charge is 0.493 e. The summed E-state index contributed by atoms with van der Waals surface area (Å²) in [6.07, 6.45) is 3.58. The molecule has 1 fully saturated rings. The van der Waals surface area contributed by atoms with Gasteiger partial charge in [-0.3, -0.25) is 4.79 Å². The first-order valence-corrected chi connectivity index (χ1v) is 11.6. The van der Waals surface area contributed by atoms with Crippen LogP contribution in [0.1, 0.15) is 33.1 Å². The molecule has 33 heavy (non-hydrogen) atoms. The highest BCUT2D eigenvalue weighted by atomic mass is 16.5. The molecule has 0 atom stereocenters. The Bertz CT molecular complexity index is 1110. The number of rotatable bonds is 11. The van der Waals surface area contributed by atoms with E-state index in [0.717, 1.165) is 40.5 Å². The van der Waals surface area contributed by atoms with Crippen LogP contribution in [0.3, 0.4) is 0 Å². The lowest BCUT2D eigenvalue weighted by atomic mass is 10.1. The zero-order chi connectivity index (χ0) is 23.3. The van der Waals surface area contributed by atoms with Crippen molar-refractivity contribution in [1.82, 2.24) is 9.88 Å². The van der Waals surface area contributed by atoms with Crippen LogP contribution < -0.4 is 14.8 Å². The quantitative estimate of drug-likeness (QED) is 0.259. The molecule has 1 aliphatic heterocycles. The number of carbonyl (C=O) groups excluding carboxylic acids is 1. The van der Waals surface area contributed by atoms with Gasteiger partial charge in [0, 0.05) is 23.4 Å². The summed E-state index contributed by atoms with van der Waals surface area (Å²) in [6.45, 7) is 8.76. The maximum absolute atomic E-state index is 10.9. The van der Waals surface area contributed by atoms with Gasteiger partial charge in [0.2, 0.25) is 0 Å². The number of fused-ring (bicyclic) bond motifs is 2. The van der Waals surface area contributed by atoms with Gasteiger partial charge in [-0.15, -0.1) is 0 Å². The third kappa shape index (κ3) is 5.47. The molecule has 0 aliphatic carbocycles. The summed E-state index contributed by atoms with van der Waals surface area (Å²) < 4.78 is 17.0.